The van der Waals surface area contributed by atoms with E-state index in [2.05, 4.69) is 0 Å². The van der Waals surface area contributed by atoms with Crippen molar-refractivity contribution in [2.24, 2.45) is 23.7 Å². The van der Waals surface area contributed by atoms with E-state index in [9.17, 15) is 4.79 Å². The average molecular weight is 209 g/mol. The first-order chi connectivity index (χ1) is 7.20. The Hall–Kier alpha value is -0.530. The summed E-state index contributed by atoms with van der Waals surface area (Å²) in [4.78, 5) is 11.1. The monoisotopic (exact) mass is 209 g/mol. The van der Waals surface area contributed by atoms with Crippen LogP contribution in [0.1, 0.15) is 45.4 Å². The molecule has 0 amide bonds. The van der Waals surface area contributed by atoms with Crippen LogP contribution >= 0.6 is 0 Å². The quantitative estimate of drug-likeness (QED) is 0.490. The van der Waals surface area contributed by atoms with Crippen LogP contribution in [0.5, 0.6) is 0 Å². The molecule has 4 saturated carbocycles. The van der Waals surface area contributed by atoms with Crippen molar-refractivity contribution in [1.82, 2.24) is 0 Å². The summed E-state index contributed by atoms with van der Waals surface area (Å²) in [6, 6.07) is 0. The highest BCUT2D eigenvalue weighted by atomic mass is 16.6. The van der Waals surface area contributed by atoms with Gasteiger partial charge in [0.1, 0.15) is 6.10 Å². The topological polar surface area (TPSA) is 26.3 Å². The van der Waals surface area contributed by atoms with Crippen LogP contribution in [0.3, 0.4) is 0 Å². The lowest BCUT2D eigenvalue weighted by molar-refractivity contribution is -0.150. The van der Waals surface area contributed by atoms with Gasteiger partial charge in [0.15, 0.2) is 0 Å². The Morgan fingerprint density at radius 2 is 1.47 bits per heavy atom. The van der Waals surface area contributed by atoms with Crippen molar-refractivity contribution >= 4 is 5.97 Å². The van der Waals surface area contributed by atoms with Crippen LogP contribution in [0, 0.1) is 23.7 Å². The molecule has 0 aromatic heterocycles. The molecule has 15 heavy (non-hydrogen) atoms. The highest BCUT2D eigenvalue weighted by Gasteiger charge is 2.44. The van der Waals surface area contributed by atoms with Crippen molar-refractivity contribution in [2.45, 2.75) is 51.6 Å². The fourth-order valence-electron chi connectivity index (χ4n) is 4.41. The van der Waals surface area contributed by atoms with E-state index in [1.54, 1.807) is 6.92 Å². The number of hydrogen-bond donors (Lipinski definition) is 0. The van der Waals surface area contributed by atoms with Crippen LogP contribution in [0.15, 0.2) is 0 Å². The van der Waals surface area contributed by atoms with E-state index in [1.807, 2.05) is 0 Å². The second-order valence-electron chi connectivity index (χ2n) is 5.92. The molecule has 2 heteroatoms. The van der Waals surface area contributed by atoms with Gasteiger partial charge in [-0.25, -0.2) is 0 Å². The van der Waals surface area contributed by atoms with Crippen LogP contribution in [0.25, 0.3) is 0 Å². The molecule has 4 rings (SSSR count). The van der Waals surface area contributed by atoms with Gasteiger partial charge in [-0.1, -0.05) is 0 Å². The zero-order valence-electron chi connectivity index (χ0n) is 9.45. The largest absolute Gasteiger partial charge is 0.462 e. The van der Waals surface area contributed by atoms with Crippen LogP contribution in [0.2, 0.25) is 0 Å². The zero-order chi connectivity index (χ0) is 10.4. The molecule has 84 valence electrons. The molecule has 0 aromatic rings. The molecule has 0 heterocycles. The van der Waals surface area contributed by atoms with Crippen LogP contribution in [0.4, 0.5) is 0 Å². The fraction of sp³-hybridized carbons (Fsp3) is 0.923. The number of fused-ring (bicyclic) bond motifs is 1. The minimum Gasteiger partial charge on any atom is -0.462 e. The van der Waals surface area contributed by atoms with Crippen molar-refractivity contribution in [3.8, 4) is 0 Å². The summed E-state index contributed by atoms with van der Waals surface area (Å²) in [7, 11) is 0. The first-order valence-corrected chi connectivity index (χ1v) is 6.38. The van der Waals surface area contributed by atoms with Crippen molar-refractivity contribution in [2.75, 3.05) is 0 Å². The van der Waals surface area contributed by atoms with Gasteiger partial charge >= 0.3 is 5.97 Å². The molecule has 0 aromatic carbocycles. The lowest BCUT2D eigenvalue weighted by Crippen LogP contribution is -2.30. The van der Waals surface area contributed by atoms with Gasteiger partial charge in [0.2, 0.25) is 0 Å². The minimum atomic E-state index is -0.0822. The summed E-state index contributed by atoms with van der Waals surface area (Å²) in [6.07, 6.45) is 8.32. The van der Waals surface area contributed by atoms with Crippen LogP contribution in [-0.4, -0.2) is 12.1 Å². The highest BCUT2D eigenvalue weighted by molar-refractivity contribution is 5.66. The predicted molar refractivity (Wildman–Crippen MR) is 57.2 cm³/mol. The van der Waals surface area contributed by atoms with Gasteiger partial charge in [-0.2, -0.15) is 0 Å². The summed E-state index contributed by atoms with van der Waals surface area (Å²) >= 11 is 0. The van der Waals surface area contributed by atoms with E-state index >= 15 is 0 Å². The maximum Gasteiger partial charge on any atom is 0.302 e. The van der Waals surface area contributed by atoms with Gasteiger partial charge in [-0.15, -0.1) is 0 Å². The number of carbonyl (C=O) groups is 1. The van der Waals surface area contributed by atoms with Crippen LogP contribution < -0.4 is 0 Å². The molecule has 0 radical (unpaired) electrons. The molecule has 2 unspecified atom stereocenters. The number of carbonyl (C=O) groups excluding carboxylic acids is 1. The standard InChI is InChI=1S/C13H20O2/c1-8(14)15-13-7-11-3-9-2-10(4-11)6-12(13)5-9/h9-13H,2-7H2,1H3/t9-,10+,11?,12?,13-/m1/s1/i13+1. The van der Waals surface area contributed by atoms with Crippen molar-refractivity contribution in [3.05, 3.63) is 0 Å². The fourth-order valence-corrected chi connectivity index (χ4v) is 4.41. The van der Waals surface area contributed by atoms with Gasteiger partial charge in [-0.3, -0.25) is 4.79 Å². The van der Waals surface area contributed by atoms with E-state index in [-0.39, 0.29) is 12.1 Å². The Morgan fingerprint density at radius 3 is 2.00 bits per heavy atom. The number of rotatable bonds is 1. The number of esters is 1. The van der Waals surface area contributed by atoms with E-state index in [0.29, 0.717) is 5.92 Å². The molecule has 2 nitrogen and oxygen atoms in total. The van der Waals surface area contributed by atoms with Gasteiger partial charge in [0.05, 0.1) is 0 Å². The van der Waals surface area contributed by atoms with E-state index < -0.39 is 0 Å². The van der Waals surface area contributed by atoms with Gasteiger partial charge < -0.3 is 4.74 Å². The molecular formula is C13H20O2. The molecule has 0 spiro atoms. The Balaban J connectivity index is 1.79. The Bertz CT molecular complexity index is 260. The molecule has 4 bridgehead atoms. The minimum absolute atomic E-state index is 0.0822. The molecular weight excluding hydrogens is 189 g/mol. The second kappa shape index (κ2) is 3.50. The van der Waals surface area contributed by atoms with Crippen molar-refractivity contribution in [3.63, 3.8) is 0 Å². The van der Waals surface area contributed by atoms with Gasteiger partial charge in [0, 0.05) is 6.92 Å². The molecule has 5 atom stereocenters. The molecule has 4 aliphatic rings. The molecule has 0 saturated heterocycles. The molecule has 4 aliphatic carbocycles. The maximum absolute atomic E-state index is 11.1. The van der Waals surface area contributed by atoms with E-state index in [1.165, 1.54) is 32.1 Å². The zero-order valence-corrected chi connectivity index (χ0v) is 9.45. The third-order valence-corrected chi connectivity index (χ3v) is 4.68. The summed E-state index contributed by atoms with van der Waals surface area (Å²) in [5.74, 6) is 3.36. The SMILES string of the molecule is CC(=O)O[13C@@H]1CC2C[C@@H]3CC1C[C@H](C2)C3. The Morgan fingerprint density at radius 1 is 0.933 bits per heavy atom. The lowest BCUT2D eigenvalue weighted by Gasteiger charge is -2.38. The van der Waals surface area contributed by atoms with Crippen molar-refractivity contribution < 1.29 is 9.53 Å². The first-order valence-electron chi connectivity index (χ1n) is 6.38. The average Bonchev–Trinajstić information content (AvgIpc) is 2.30. The Labute approximate surface area is 91.4 Å². The third-order valence-electron chi connectivity index (χ3n) is 4.68. The van der Waals surface area contributed by atoms with E-state index in [4.69, 9.17) is 4.74 Å². The summed E-state index contributed by atoms with van der Waals surface area (Å²) in [6.45, 7) is 1.55. The summed E-state index contributed by atoms with van der Waals surface area (Å²) in [5, 5.41) is 0. The van der Waals surface area contributed by atoms with Crippen molar-refractivity contribution in [1.29, 1.82) is 0 Å². The highest BCUT2D eigenvalue weighted by Crippen LogP contribution is 2.51. The van der Waals surface area contributed by atoms with Crippen LogP contribution in [-0.2, 0) is 9.53 Å². The normalized spacial score (nSPS) is 47.7. The number of hydrogen-bond acceptors (Lipinski definition) is 2. The molecule has 0 N–H and O–H groups in total. The van der Waals surface area contributed by atoms with Gasteiger partial charge in [-0.05, 0) is 62.2 Å². The maximum atomic E-state index is 11.1. The second-order valence-corrected chi connectivity index (χ2v) is 5.92. The molecule has 4 fully saturated rings. The molecule has 0 aliphatic heterocycles. The Kier molecular flexibility index (Phi) is 2.26. The van der Waals surface area contributed by atoms with Gasteiger partial charge in [0.25, 0.3) is 0 Å². The lowest BCUT2D eigenvalue weighted by atomic mass is 9.68. The number of ether oxygens (including phenoxy) is 1. The summed E-state index contributed by atoms with van der Waals surface area (Å²) < 4.78 is 5.52. The smallest absolute Gasteiger partial charge is 0.302 e. The predicted octanol–water partition coefficient (Wildman–Crippen LogP) is 2.76. The first kappa shape index (κ1) is 9.68. The summed E-state index contributed by atoms with van der Waals surface area (Å²) in [5.41, 5.74) is 0. The third kappa shape index (κ3) is 1.79. The van der Waals surface area contributed by atoms with E-state index in [0.717, 1.165) is 24.2 Å².